The molecule has 0 aliphatic rings. The lowest BCUT2D eigenvalue weighted by atomic mass is 9.72. The molecule has 0 spiro atoms. The van der Waals surface area contributed by atoms with E-state index in [9.17, 15) is 30.1 Å². The molecule has 1 atom stereocenters. The van der Waals surface area contributed by atoms with Gasteiger partial charge in [0.05, 0.1) is 22.2 Å². The maximum absolute atomic E-state index is 11.9. The number of unbranched alkanes of at least 4 members (excludes halogenated alkanes) is 4. The molecule has 0 bridgehead atoms. The van der Waals surface area contributed by atoms with Crippen LogP contribution in [0.15, 0.2) is 0 Å². The van der Waals surface area contributed by atoms with Crippen LogP contribution in [0.5, 0.6) is 0 Å². The minimum Gasteiger partial charge on any atom is -0.481 e. The molecule has 0 aromatic carbocycles. The van der Waals surface area contributed by atoms with Gasteiger partial charge in [0.15, 0.2) is 0 Å². The average Bonchev–Trinajstić information content (AvgIpc) is 2.48. The van der Waals surface area contributed by atoms with Gasteiger partial charge < -0.3 is 5.11 Å². The van der Waals surface area contributed by atoms with Crippen molar-refractivity contribution in [3.63, 3.8) is 0 Å². The Morgan fingerprint density at radius 1 is 0.957 bits per heavy atom. The van der Waals surface area contributed by atoms with Crippen LogP contribution in [-0.2, 0) is 4.79 Å². The highest BCUT2D eigenvalue weighted by atomic mass is 16.7. The van der Waals surface area contributed by atoms with Crippen LogP contribution in [-0.4, -0.2) is 26.6 Å². The Balaban J connectivity index is 5.47. The second-order valence-electron chi connectivity index (χ2n) is 6.41. The molecule has 1 N–H and O–H groups in total. The molecule has 8 heteroatoms. The fourth-order valence-electron chi connectivity index (χ4n) is 2.83. The van der Waals surface area contributed by atoms with Gasteiger partial charge >= 0.3 is 11.6 Å². The molecule has 134 valence electrons. The summed E-state index contributed by atoms with van der Waals surface area (Å²) in [7, 11) is 0. The number of nitro groups is 2. The molecule has 0 aromatic rings. The van der Waals surface area contributed by atoms with Crippen molar-refractivity contribution in [3.05, 3.63) is 20.2 Å². The summed E-state index contributed by atoms with van der Waals surface area (Å²) in [5, 5.41) is 32.1. The number of carboxylic acids is 1. The van der Waals surface area contributed by atoms with Crippen molar-refractivity contribution in [2.45, 2.75) is 84.2 Å². The van der Waals surface area contributed by atoms with Crippen LogP contribution in [0.2, 0.25) is 0 Å². The zero-order valence-corrected chi connectivity index (χ0v) is 14.2. The monoisotopic (exact) mass is 332 g/mol. The number of hydrogen-bond donors (Lipinski definition) is 1. The maximum atomic E-state index is 11.9. The number of carbonyl (C=O) groups is 1. The van der Waals surface area contributed by atoms with E-state index < -0.39 is 33.3 Å². The fraction of sp³-hybridized carbons (Fsp3) is 0.933. The first kappa shape index (κ1) is 21.3. The molecule has 1 unspecified atom stereocenters. The largest absolute Gasteiger partial charge is 0.481 e. The molecule has 0 aliphatic heterocycles. The van der Waals surface area contributed by atoms with Crippen LogP contribution in [0.3, 0.4) is 0 Å². The van der Waals surface area contributed by atoms with E-state index in [0.29, 0.717) is 12.8 Å². The number of hydrogen-bond acceptors (Lipinski definition) is 5. The summed E-state index contributed by atoms with van der Waals surface area (Å²) in [5.74, 6) is -1.17. The molecular weight excluding hydrogens is 304 g/mol. The molecule has 0 heterocycles. The van der Waals surface area contributed by atoms with E-state index in [4.69, 9.17) is 0 Å². The van der Waals surface area contributed by atoms with Gasteiger partial charge in [0.2, 0.25) is 0 Å². The summed E-state index contributed by atoms with van der Waals surface area (Å²) >= 11 is 0. The van der Waals surface area contributed by atoms with Crippen LogP contribution in [0, 0.1) is 25.6 Å². The van der Waals surface area contributed by atoms with Crippen LogP contribution >= 0.6 is 0 Å². The van der Waals surface area contributed by atoms with E-state index in [1.165, 1.54) is 0 Å². The standard InChI is InChI=1S/C15H28N2O6/c1-4-6-8-9-11-15(13(18)19,10-7-5-2)12-14(3,16(20)21)17(22)23/h4-12H2,1-3H3,(H,18,19). The highest BCUT2D eigenvalue weighted by Crippen LogP contribution is 2.40. The fourth-order valence-corrected chi connectivity index (χ4v) is 2.83. The van der Waals surface area contributed by atoms with Gasteiger partial charge in [0.25, 0.3) is 0 Å². The SMILES string of the molecule is CCCCCCC(CCCC)(CC(C)([N+](=O)[O-])[N+](=O)[O-])C(=O)O. The number of rotatable bonds is 13. The Hall–Kier alpha value is -1.73. The number of carboxylic acid groups (broad SMARTS) is 1. The molecule has 0 aromatic heterocycles. The third kappa shape index (κ3) is 5.76. The number of nitrogens with zero attached hydrogens (tertiary/aromatic N) is 2. The summed E-state index contributed by atoms with van der Waals surface area (Å²) in [5.41, 5.74) is -3.89. The lowest BCUT2D eigenvalue weighted by Crippen LogP contribution is -2.50. The minimum absolute atomic E-state index is 0.224. The van der Waals surface area contributed by atoms with Gasteiger partial charge in [0, 0.05) is 0 Å². The van der Waals surface area contributed by atoms with E-state index in [0.717, 1.165) is 32.6 Å². The topological polar surface area (TPSA) is 124 Å². The van der Waals surface area contributed by atoms with Gasteiger partial charge in [-0.2, -0.15) is 0 Å². The molecule has 0 rings (SSSR count). The molecule has 23 heavy (non-hydrogen) atoms. The lowest BCUT2D eigenvalue weighted by molar-refractivity contribution is -0.794. The zero-order chi connectivity index (χ0) is 18.1. The first-order valence-corrected chi connectivity index (χ1v) is 8.18. The van der Waals surface area contributed by atoms with Crippen molar-refractivity contribution in [1.82, 2.24) is 0 Å². The van der Waals surface area contributed by atoms with Gasteiger partial charge in [-0.05, 0) is 12.8 Å². The summed E-state index contributed by atoms with van der Waals surface area (Å²) in [6.07, 6.45) is 4.55. The van der Waals surface area contributed by atoms with Crippen LogP contribution < -0.4 is 0 Å². The normalized spacial score (nSPS) is 14.2. The molecular formula is C15H28N2O6. The van der Waals surface area contributed by atoms with Crippen molar-refractivity contribution in [1.29, 1.82) is 0 Å². The van der Waals surface area contributed by atoms with Crippen LogP contribution in [0.4, 0.5) is 0 Å². The van der Waals surface area contributed by atoms with Crippen LogP contribution in [0.1, 0.15) is 78.6 Å². The highest BCUT2D eigenvalue weighted by Gasteiger charge is 2.58. The Morgan fingerprint density at radius 3 is 1.83 bits per heavy atom. The van der Waals surface area contributed by atoms with Crippen molar-refractivity contribution in [2.75, 3.05) is 0 Å². The average molecular weight is 332 g/mol. The van der Waals surface area contributed by atoms with Crippen molar-refractivity contribution >= 4 is 5.97 Å². The Kier molecular flexibility index (Phi) is 8.71. The molecule has 0 saturated carbocycles. The third-order valence-corrected chi connectivity index (χ3v) is 4.43. The van der Waals surface area contributed by atoms with Gasteiger partial charge in [-0.15, -0.1) is 0 Å². The summed E-state index contributed by atoms with van der Waals surface area (Å²) in [4.78, 5) is 32.3. The number of aliphatic carboxylic acids is 1. The van der Waals surface area contributed by atoms with E-state index in [-0.39, 0.29) is 12.8 Å². The van der Waals surface area contributed by atoms with E-state index in [2.05, 4.69) is 0 Å². The second kappa shape index (κ2) is 9.42. The minimum atomic E-state index is -2.48. The molecule has 0 fully saturated rings. The predicted octanol–water partition coefficient (Wildman–Crippen LogP) is 3.88. The molecule has 0 saturated heterocycles. The summed E-state index contributed by atoms with van der Waals surface area (Å²) in [6, 6.07) is 0. The van der Waals surface area contributed by atoms with Crippen molar-refractivity contribution in [3.8, 4) is 0 Å². The van der Waals surface area contributed by atoms with Crippen LogP contribution in [0.25, 0.3) is 0 Å². The molecule has 8 nitrogen and oxygen atoms in total. The zero-order valence-electron chi connectivity index (χ0n) is 14.2. The lowest BCUT2D eigenvalue weighted by Gasteiger charge is -2.31. The Labute approximate surface area is 136 Å². The predicted molar refractivity (Wildman–Crippen MR) is 85.4 cm³/mol. The van der Waals surface area contributed by atoms with Gasteiger partial charge in [-0.1, -0.05) is 52.4 Å². The van der Waals surface area contributed by atoms with E-state index >= 15 is 0 Å². The van der Waals surface area contributed by atoms with Crippen molar-refractivity contribution < 1.29 is 19.7 Å². The first-order chi connectivity index (χ1) is 10.7. The molecule has 0 radical (unpaired) electrons. The van der Waals surface area contributed by atoms with Gasteiger partial charge in [-0.25, -0.2) is 0 Å². The third-order valence-electron chi connectivity index (χ3n) is 4.43. The quantitative estimate of drug-likeness (QED) is 0.236. The Morgan fingerprint density at radius 2 is 1.43 bits per heavy atom. The highest BCUT2D eigenvalue weighted by molar-refractivity contribution is 5.74. The second-order valence-corrected chi connectivity index (χ2v) is 6.41. The van der Waals surface area contributed by atoms with E-state index in [1.54, 1.807) is 0 Å². The molecule has 0 aliphatic carbocycles. The maximum Gasteiger partial charge on any atom is 0.457 e. The van der Waals surface area contributed by atoms with Crippen molar-refractivity contribution in [2.24, 2.45) is 5.41 Å². The smallest absolute Gasteiger partial charge is 0.457 e. The van der Waals surface area contributed by atoms with Gasteiger partial charge in [-0.3, -0.25) is 25.0 Å². The summed E-state index contributed by atoms with van der Waals surface area (Å²) < 4.78 is 0. The Bertz CT molecular complexity index is 412. The first-order valence-electron chi connectivity index (χ1n) is 8.18. The summed E-state index contributed by atoms with van der Waals surface area (Å²) in [6.45, 7) is 4.82. The van der Waals surface area contributed by atoms with Gasteiger partial charge in [0.1, 0.15) is 6.42 Å². The van der Waals surface area contributed by atoms with E-state index in [1.807, 2.05) is 13.8 Å². The molecule has 0 amide bonds.